The Morgan fingerprint density at radius 2 is 1.88 bits per heavy atom. The summed E-state index contributed by atoms with van der Waals surface area (Å²) in [6, 6.07) is 4.58. The lowest BCUT2D eigenvalue weighted by molar-refractivity contribution is -0.384. The van der Waals surface area contributed by atoms with Crippen LogP contribution in [0.3, 0.4) is 0 Å². The molecule has 2 aromatic rings. The van der Waals surface area contributed by atoms with Crippen molar-refractivity contribution in [2.75, 3.05) is 31.1 Å². The fourth-order valence-corrected chi connectivity index (χ4v) is 3.01. The Balaban J connectivity index is 1.61. The van der Waals surface area contributed by atoms with Crippen molar-refractivity contribution in [1.29, 1.82) is 0 Å². The summed E-state index contributed by atoms with van der Waals surface area (Å²) in [7, 11) is 0. The van der Waals surface area contributed by atoms with Gasteiger partial charge >= 0.3 is 0 Å². The molecule has 0 bridgehead atoms. The highest BCUT2D eigenvalue weighted by Gasteiger charge is 2.20. The molecule has 2 heterocycles. The number of halogens is 1. The van der Waals surface area contributed by atoms with Crippen molar-refractivity contribution in [3.05, 3.63) is 56.9 Å². The highest BCUT2D eigenvalue weighted by atomic mass is 35.5. The van der Waals surface area contributed by atoms with Gasteiger partial charge in [0.2, 0.25) is 5.95 Å². The van der Waals surface area contributed by atoms with E-state index in [1.165, 1.54) is 6.07 Å². The molecule has 0 N–H and O–H groups in total. The number of aromatic nitrogens is 2. The maximum atomic E-state index is 10.9. The van der Waals surface area contributed by atoms with Gasteiger partial charge in [-0.3, -0.25) is 15.0 Å². The van der Waals surface area contributed by atoms with Crippen LogP contribution in [-0.2, 0) is 13.0 Å². The van der Waals surface area contributed by atoms with E-state index in [1.54, 1.807) is 12.1 Å². The third-order valence-electron chi connectivity index (χ3n) is 4.39. The van der Waals surface area contributed by atoms with Gasteiger partial charge in [-0.15, -0.1) is 0 Å². The molecule has 7 nitrogen and oxygen atoms in total. The number of hydrogen-bond donors (Lipinski definition) is 0. The second-order valence-corrected chi connectivity index (χ2v) is 6.45. The summed E-state index contributed by atoms with van der Waals surface area (Å²) in [5.74, 6) is 0.755. The van der Waals surface area contributed by atoms with Crippen LogP contribution in [0.2, 0.25) is 5.02 Å². The Hall–Kier alpha value is -2.25. The van der Waals surface area contributed by atoms with Crippen molar-refractivity contribution in [2.45, 2.75) is 19.9 Å². The zero-order chi connectivity index (χ0) is 17.8. The summed E-state index contributed by atoms with van der Waals surface area (Å²) in [6.45, 7) is 5.98. The van der Waals surface area contributed by atoms with Crippen LogP contribution in [0.1, 0.15) is 18.1 Å². The molecule has 0 amide bonds. The van der Waals surface area contributed by atoms with Crippen molar-refractivity contribution in [3.8, 4) is 0 Å². The lowest BCUT2D eigenvalue weighted by Crippen LogP contribution is -2.46. The Labute approximate surface area is 151 Å². The van der Waals surface area contributed by atoms with Crippen LogP contribution in [0.25, 0.3) is 0 Å². The zero-order valence-corrected chi connectivity index (χ0v) is 14.8. The maximum absolute atomic E-state index is 10.9. The number of hydrogen-bond acceptors (Lipinski definition) is 6. The topological polar surface area (TPSA) is 75.4 Å². The summed E-state index contributed by atoms with van der Waals surface area (Å²) < 4.78 is 0. The summed E-state index contributed by atoms with van der Waals surface area (Å²) in [6.07, 6.45) is 4.67. The normalized spacial score (nSPS) is 15.4. The average Bonchev–Trinajstić information content (AvgIpc) is 2.64. The number of rotatable bonds is 5. The minimum absolute atomic E-state index is 0.0717. The van der Waals surface area contributed by atoms with Crippen LogP contribution in [0.4, 0.5) is 11.6 Å². The van der Waals surface area contributed by atoms with E-state index in [4.69, 9.17) is 11.6 Å². The second-order valence-electron chi connectivity index (χ2n) is 6.04. The minimum Gasteiger partial charge on any atom is -0.338 e. The first-order chi connectivity index (χ1) is 12.1. The van der Waals surface area contributed by atoms with Crippen LogP contribution in [-0.4, -0.2) is 46.0 Å². The largest absolute Gasteiger partial charge is 0.338 e. The van der Waals surface area contributed by atoms with Crippen LogP contribution < -0.4 is 4.90 Å². The van der Waals surface area contributed by atoms with E-state index in [0.717, 1.165) is 49.7 Å². The number of nitro groups is 1. The quantitative estimate of drug-likeness (QED) is 0.602. The van der Waals surface area contributed by atoms with Crippen molar-refractivity contribution in [1.82, 2.24) is 14.9 Å². The van der Waals surface area contributed by atoms with Gasteiger partial charge in [-0.25, -0.2) is 9.97 Å². The molecule has 1 fully saturated rings. The van der Waals surface area contributed by atoms with E-state index in [1.807, 2.05) is 12.4 Å². The number of piperazine rings is 1. The molecule has 1 saturated heterocycles. The highest BCUT2D eigenvalue weighted by Crippen LogP contribution is 2.24. The monoisotopic (exact) mass is 361 g/mol. The zero-order valence-electron chi connectivity index (χ0n) is 14.1. The molecule has 1 aliphatic heterocycles. The molecule has 0 spiro atoms. The Kier molecular flexibility index (Phi) is 5.45. The number of non-ortho nitro benzene ring substituents is 1. The Morgan fingerprint density at radius 1 is 1.20 bits per heavy atom. The molecule has 0 saturated carbocycles. The van der Waals surface area contributed by atoms with Gasteiger partial charge in [0.15, 0.2) is 0 Å². The lowest BCUT2D eigenvalue weighted by atomic mass is 10.1. The van der Waals surface area contributed by atoms with Gasteiger partial charge in [-0.1, -0.05) is 18.5 Å². The molecule has 0 radical (unpaired) electrons. The van der Waals surface area contributed by atoms with E-state index in [0.29, 0.717) is 11.6 Å². The maximum Gasteiger partial charge on any atom is 0.269 e. The molecule has 132 valence electrons. The highest BCUT2D eigenvalue weighted by molar-refractivity contribution is 6.31. The van der Waals surface area contributed by atoms with Gasteiger partial charge < -0.3 is 4.90 Å². The number of aryl methyl sites for hydroxylation is 1. The Bertz CT molecular complexity index is 745. The molecule has 1 aliphatic rings. The van der Waals surface area contributed by atoms with Gasteiger partial charge in [-0.05, 0) is 23.6 Å². The molecule has 25 heavy (non-hydrogen) atoms. The van der Waals surface area contributed by atoms with Crippen LogP contribution in [0, 0.1) is 10.1 Å². The predicted molar refractivity (Wildman–Crippen MR) is 97.0 cm³/mol. The SMILES string of the molecule is CCc1cnc(N2CCN(Cc3cc([N+](=O)[O-])ccc3Cl)CC2)nc1. The van der Waals surface area contributed by atoms with Gasteiger partial charge in [0.05, 0.1) is 4.92 Å². The van der Waals surface area contributed by atoms with Crippen LogP contribution in [0.5, 0.6) is 0 Å². The first kappa shape index (κ1) is 17.6. The molecular weight excluding hydrogens is 342 g/mol. The smallest absolute Gasteiger partial charge is 0.269 e. The number of benzene rings is 1. The van der Waals surface area contributed by atoms with Gasteiger partial charge in [0.1, 0.15) is 0 Å². The summed E-state index contributed by atoms with van der Waals surface area (Å²) in [4.78, 5) is 23.8. The van der Waals surface area contributed by atoms with Crippen molar-refractivity contribution in [2.24, 2.45) is 0 Å². The molecule has 1 aromatic carbocycles. The van der Waals surface area contributed by atoms with E-state index in [2.05, 4.69) is 26.7 Å². The number of anilines is 1. The van der Waals surface area contributed by atoms with Gasteiger partial charge in [0.25, 0.3) is 5.69 Å². The first-order valence-electron chi connectivity index (χ1n) is 8.28. The standard InChI is InChI=1S/C17H20ClN5O2/c1-2-13-10-19-17(20-11-13)22-7-5-21(6-8-22)12-14-9-15(23(24)25)3-4-16(14)18/h3-4,9-11H,2,5-8,12H2,1H3. The Morgan fingerprint density at radius 3 is 2.48 bits per heavy atom. The molecular formula is C17H20ClN5O2. The van der Waals surface area contributed by atoms with Gasteiger partial charge in [-0.2, -0.15) is 0 Å². The van der Waals surface area contributed by atoms with Crippen LogP contribution in [0.15, 0.2) is 30.6 Å². The van der Waals surface area contributed by atoms with Crippen molar-refractivity contribution < 1.29 is 4.92 Å². The van der Waals surface area contributed by atoms with Crippen molar-refractivity contribution >= 4 is 23.2 Å². The summed E-state index contributed by atoms with van der Waals surface area (Å²) >= 11 is 6.19. The summed E-state index contributed by atoms with van der Waals surface area (Å²) in [5.41, 5.74) is 1.98. The molecule has 3 rings (SSSR count). The van der Waals surface area contributed by atoms with Gasteiger partial charge in [0, 0.05) is 62.3 Å². The average molecular weight is 362 g/mol. The fourth-order valence-electron chi connectivity index (χ4n) is 2.84. The van der Waals surface area contributed by atoms with Crippen molar-refractivity contribution in [3.63, 3.8) is 0 Å². The fraction of sp³-hybridized carbons (Fsp3) is 0.412. The molecule has 1 aromatic heterocycles. The van der Waals surface area contributed by atoms with E-state index in [-0.39, 0.29) is 5.69 Å². The lowest BCUT2D eigenvalue weighted by Gasteiger charge is -2.34. The first-order valence-corrected chi connectivity index (χ1v) is 8.65. The number of nitrogens with zero attached hydrogens (tertiary/aromatic N) is 5. The van der Waals surface area contributed by atoms with Crippen LogP contribution >= 0.6 is 11.6 Å². The molecule has 0 atom stereocenters. The minimum atomic E-state index is -0.394. The molecule has 0 aliphatic carbocycles. The third-order valence-corrected chi connectivity index (χ3v) is 4.76. The molecule has 0 unspecified atom stereocenters. The number of nitro benzene ring substituents is 1. The second kappa shape index (κ2) is 7.76. The summed E-state index contributed by atoms with van der Waals surface area (Å²) in [5, 5.41) is 11.5. The molecule has 8 heteroatoms. The van der Waals surface area contributed by atoms with E-state index >= 15 is 0 Å². The third kappa shape index (κ3) is 4.24. The predicted octanol–water partition coefficient (Wildman–Crippen LogP) is 2.92. The van der Waals surface area contributed by atoms with E-state index in [9.17, 15) is 10.1 Å². The van der Waals surface area contributed by atoms with E-state index < -0.39 is 4.92 Å².